The van der Waals surface area contributed by atoms with Crippen LogP contribution in [0.15, 0.2) is 24.3 Å². The van der Waals surface area contributed by atoms with Gasteiger partial charge in [0.25, 0.3) is 0 Å². The van der Waals surface area contributed by atoms with Crippen LogP contribution in [0.5, 0.6) is 0 Å². The molecule has 0 amide bonds. The van der Waals surface area contributed by atoms with Crippen molar-refractivity contribution in [3.8, 4) is 0 Å². The minimum Gasteiger partial charge on any atom is -0.315 e. The van der Waals surface area contributed by atoms with Crippen molar-refractivity contribution in [2.45, 2.75) is 45.6 Å². The number of hydrogen-bond donors (Lipinski definition) is 1. The third kappa shape index (κ3) is 4.45. The van der Waals surface area contributed by atoms with Crippen LogP contribution in [-0.2, 0) is 16.4 Å². The van der Waals surface area contributed by atoms with Gasteiger partial charge in [0.05, 0.1) is 11.4 Å². The maximum absolute atomic E-state index is 12.6. The van der Waals surface area contributed by atoms with E-state index in [-0.39, 0.29) is 5.75 Å². The number of fused-ring (bicyclic) bond motifs is 1. The highest BCUT2D eigenvalue weighted by molar-refractivity contribution is 7.92. The largest absolute Gasteiger partial charge is 0.315 e. The lowest BCUT2D eigenvalue weighted by molar-refractivity contribution is 0.557. The first-order chi connectivity index (χ1) is 10.0. The smallest absolute Gasteiger partial charge is 0.235 e. The molecule has 1 N–H and O–H groups in total. The van der Waals surface area contributed by atoms with Gasteiger partial charge >= 0.3 is 0 Å². The van der Waals surface area contributed by atoms with Crippen LogP contribution in [0.1, 0.15) is 38.7 Å². The zero-order valence-electron chi connectivity index (χ0n) is 13.0. The fourth-order valence-corrected chi connectivity index (χ4v) is 4.37. The van der Waals surface area contributed by atoms with E-state index in [2.05, 4.69) is 19.2 Å². The number of sulfonamides is 1. The van der Waals surface area contributed by atoms with Gasteiger partial charge in [-0.1, -0.05) is 32.0 Å². The number of rotatable bonds is 7. The Hall–Kier alpha value is -1.07. The molecule has 0 spiro atoms. The van der Waals surface area contributed by atoms with Crippen LogP contribution in [0, 0.1) is 0 Å². The predicted octanol–water partition coefficient (Wildman–Crippen LogP) is 2.55. The number of nitrogens with zero attached hydrogens (tertiary/aromatic N) is 1. The van der Waals surface area contributed by atoms with Gasteiger partial charge in [0, 0.05) is 12.6 Å². The third-order valence-electron chi connectivity index (χ3n) is 3.79. The van der Waals surface area contributed by atoms with Gasteiger partial charge in [0.15, 0.2) is 0 Å². The maximum Gasteiger partial charge on any atom is 0.235 e. The summed E-state index contributed by atoms with van der Waals surface area (Å²) in [5.74, 6) is 0.237. The summed E-state index contributed by atoms with van der Waals surface area (Å²) in [5.41, 5.74) is 2.03. The maximum atomic E-state index is 12.6. The summed E-state index contributed by atoms with van der Waals surface area (Å²) in [7, 11) is -3.19. The molecule has 1 heterocycles. The van der Waals surface area contributed by atoms with Crippen molar-refractivity contribution in [1.82, 2.24) is 5.32 Å². The van der Waals surface area contributed by atoms with Crippen molar-refractivity contribution in [3.63, 3.8) is 0 Å². The fourth-order valence-electron chi connectivity index (χ4n) is 2.70. The number of unbranched alkanes of at least 4 members (excludes halogenated alkanes) is 1. The van der Waals surface area contributed by atoms with E-state index in [1.165, 1.54) is 0 Å². The number of para-hydroxylation sites is 1. The van der Waals surface area contributed by atoms with E-state index in [1.807, 2.05) is 24.3 Å². The number of anilines is 1. The fraction of sp³-hybridized carbons (Fsp3) is 0.625. The van der Waals surface area contributed by atoms with Crippen LogP contribution in [0.25, 0.3) is 0 Å². The van der Waals surface area contributed by atoms with Gasteiger partial charge in [0.1, 0.15) is 0 Å². The summed E-state index contributed by atoms with van der Waals surface area (Å²) in [4.78, 5) is 0. The Balaban J connectivity index is 1.94. The molecule has 0 saturated heterocycles. The second-order valence-corrected chi connectivity index (χ2v) is 7.95. The SMILES string of the molecule is CC(C)NCCCCS(=O)(=O)N1CCCc2ccccc21. The number of nitrogens with one attached hydrogen (secondary N) is 1. The molecule has 1 aliphatic rings. The Bertz CT molecular complexity index is 555. The zero-order valence-corrected chi connectivity index (χ0v) is 13.8. The second-order valence-electron chi connectivity index (χ2n) is 5.94. The Labute approximate surface area is 128 Å². The first-order valence-corrected chi connectivity index (χ1v) is 9.43. The summed E-state index contributed by atoms with van der Waals surface area (Å²) in [6.45, 7) is 5.69. The monoisotopic (exact) mass is 310 g/mol. The van der Waals surface area contributed by atoms with E-state index in [0.717, 1.165) is 37.1 Å². The van der Waals surface area contributed by atoms with Crippen molar-refractivity contribution in [2.24, 2.45) is 0 Å². The molecular weight excluding hydrogens is 284 g/mol. The molecule has 1 aliphatic heterocycles. The number of benzene rings is 1. The van der Waals surface area contributed by atoms with Crippen LogP contribution < -0.4 is 9.62 Å². The molecule has 0 saturated carbocycles. The molecule has 21 heavy (non-hydrogen) atoms. The van der Waals surface area contributed by atoms with Crippen molar-refractivity contribution in [3.05, 3.63) is 29.8 Å². The van der Waals surface area contributed by atoms with Crippen molar-refractivity contribution >= 4 is 15.7 Å². The Morgan fingerprint density at radius 2 is 2.00 bits per heavy atom. The molecule has 0 radical (unpaired) electrons. The van der Waals surface area contributed by atoms with Gasteiger partial charge < -0.3 is 5.32 Å². The molecule has 1 aromatic carbocycles. The van der Waals surface area contributed by atoms with Gasteiger partial charge in [0.2, 0.25) is 10.0 Å². The predicted molar refractivity (Wildman–Crippen MR) is 88.3 cm³/mol. The van der Waals surface area contributed by atoms with Crippen LogP contribution in [0.2, 0.25) is 0 Å². The Kier molecular flexibility index (Phi) is 5.65. The van der Waals surface area contributed by atoms with Crippen molar-refractivity contribution < 1.29 is 8.42 Å². The summed E-state index contributed by atoms with van der Waals surface area (Å²) in [6, 6.07) is 8.30. The van der Waals surface area contributed by atoms with Crippen LogP contribution in [0.3, 0.4) is 0 Å². The average molecular weight is 310 g/mol. The molecule has 0 bridgehead atoms. The molecular formula is C16H26N2O2S. The van der Waals surface area contributed by atoms with E-state index in [9.17, 15) is 8.42 Å². The first-order valence-electron chi connectivity index (χ1n) is 7.82. The molecule has 1 aromatic rings. The molecule has 118 valence electrons. The lowest BCUT2D eigenvalue weighted by Crippen LogP contribution is -2.37. The zero-order chi connectivity index (χ0) is 15.3. The van der Waals surface area contributed by atoms with E-state index >= 15 is 0 Å². The normalized spacial score (nSPS) is 15.3. The standard InChI is InChI=1S/C16H26N2O2S/c1-14(2)17-11-5-6-13-21(19,20)18-12-7-9-15-8-3-4-10-16(15)18/h3-4,8,10,14,17H,5-7,9,11-13H2,1-2H3. The summed E-state index contributed by atoms with van der Waals surface area (Å²) in [6.07, 6.45) is 3.49. The van der Waals surface area contributed by atoms with E-state index in [1.54, 1.807) is 4.31 Å². The Morgan fingerprint density at radius 3 is 2.76 bits per heavy atom. The highest BCUT2D eigenvalue weighted by atomic mass is 32.2. The quantitative estimate of drug-likeness (QED) is 0.787. The van der Waals surface area contributed by atoms with Crippen LogP contribution >= 0.6 is 0 Å². The van der Waals surface area contributed by atoms with Crippen molar-refractivity contribution in [2.75, 3.05) is 23.1 Å². The van der Waals surface area contributed by atoms with Gasteiger partial charge in [-0.15, -0.1) is 0 Å². The number of aryl methyl sites for hydroxylation is 1. The molecule has 0 fully saturated rings. The average Bonchev–Trinajstić information content (AvgIpc) is 2.46. The summed E-state index contributed by atoms with van der Waals surface area (Å²) >= 11 is 0. The highest BCUT2D eigenvalue weighted by Gasteiger charge is 2.26. The first kappa shape index (κ1) is 16.3. The van der Waals surface area contributed by atoms with E-state index in [0.29, 0.717) is 19.0 Å². The molecule has 4 nitrogen and oxygen atoms in total. The van der Waals surface area contributed by atoms with Gasteiger partial charge in [-0.05, 0) is 43.9 Å². The third-order valence-corrected chi connectivity index (χ3v) is 5.64. The Morgan fingerprint density at radius 1 is 1.24 bits per heavy atom. The van der Waals surface area contributed by atoms with Crippen molar-refractivity contribution in [1.29, 1.82) is 0 Å². The molecule has 5 heteroatoms. The molecule has 2 rings (SSSR count). The van der Waals surface area contributed by atoms with Gasteiger partial charge in [-0.25, -0.2) is 8.42 Å². The molecule has 0 atom stereocenters. The minimum atomic E-state index is -3.19. The van der Waals surface area contributed by atoms with E-state index < -0.39 is 10.0 Å². The van der Waals surface area contributed by atoms with Crippen LogP contribution in [-0.4, -0.2) is 33.3 Å². The highest BCUT2D eigenvalue weighted by Crippen LogP contribution is 2.29. The molecule has 0 aromatic heterocycles. The minimum absolute atomic E-state index is 0.237. The topological polar surface area (TPSA) is 49.4 Å². The second kappa shape index (κ2) is 7.27. The lowest BCUT2D eigenvalue weighted by atomic mass is 10.0. The van der Waals surface area contributed by atoms with Crippen LogP contribution in [0.4, 0.5) is 5.69 Å². The molecule has 0 aliphatic carbocycles. The van der Waals surface area contributed by atoms with Gasteiger partial charge in [-0.3, -0.25) is 4.31 Å². The van der Waals surface area contributed by atoms with E-state index in [4.69, 9.17) is 0 Å². The molecule has 0 unspecified atom stereocenters. The number of hydrogen-bond acceptors (Lipinski definition) is 3. The summed E-state index contributed by atoms with van der Waals surface area (Å²) in [5, 5.41) is 3.32. The lowest BCUT2D eigenvalue weighted by Gasteiger charge is -2.30. The summed E-state index contributed by atoms with van der Waals surface area (Å²) < 4.78 is 26.7. The van der Waals surface area contributed by atoms with Gasteiger partial charge in [-0.2, -0.15) is 0 Å².